The van der Waals surface area contributed by atoms with Crippen molar-refractivity contribution in [1.29, 1.82) is 0 Å². The molecule has 0 atom stereocenters. The Kier molecular flexibility index (Phi) is 6.29. The average Bonchev–Trinajstić information content (AvgIpc) is 3.23. The summed E-state index contributed by atoms with van der Waals surface area (Å²) >= 11 is 6.03. The zero-order valence-electron chi connectivity index (χ0n) is 17.0. The standard InChI is InChI=1S/C24H21ClN4O2/c1-31-22-12-7-18(13-26-22)14-27-24(30)21-16-29(15-17-5-3-2-4-6-17)28-23(21)19-8-10-20(25)11-9-19/h2-13,16H,14-15H2,1H3,(H,27,30). The van der Waals surface area contributed by atoms with Crippen LogP contribution in [0.25, 0.3) is 11.3 Å². The third-order valence-electron chi connectivity index (χ3n) is 4.77. The quantitative estimate of drug-likeness (QED) is 0.464. The molecule has 2 aromatic heterocycles. The minimum Gasteiger partial charge on any atom is -0.481 e. The molecule has 0 spiro atoms. The fourth-order valence-electron chi connectivity index (χ4n) is 3.17. The van der Waals surface area contributed by atoms with Crippen molar-refractivity contribution < 1.29 is 9.53 Å². The van der Waals surface area contributed by atoms with Crippen molar-refractivity contribution in [2.45, 2.75) is 13.1 Å². The minimum atomic E-state index is -0.208. The zero-order valence-corrected chi connectivity index (χ0v) is 17.7. The molecule has 0 unspecified atom stereocenters. The number of benzene rings is 2. The van der Waals surface area contributed by atoms with Crippen LogP contribution in [0, 0.1) is 0 Å². The summed E-state index contributed by atoms with van der Waals surface area (Å²) in [6.45, 7) is 0.914. The van der Waals surface area contributed by atoms with Gasteiger partial charge in [0.1, 0.15) is 5.69 Å². The summed E-state index contributed by atoms with van der Waals surface area (Å²) in [4.78, 5) is 17.2. The molecule has 4 rings (SSSR count). The molecule has 0 fully saturated rings. The van der Waals surface area contributed by atoms with Crippen LogP contribution in [0.5, 0.6) is 5.88 Å². The maximum Gasteiger partial charge on any atom is 0.255 e. The monoisotopic (exact) mass is 432 g/mol. The molecule has 0 saturated carbocycles. The first kappa shape index (κ1) is 20.6. The van der Waals surface area contributed by atoms with E-state index in [1.54, 1.807) is 42.4 Å². The normalized spacial score (nSPS) is 10.6. The lowest BCUT2D eigenvalue weighted by Gasteiger charge is -2.06. The number of carbonyl (C=O) groups excluding carboxylic acids is 1. The first-order valence-electron chi connectivity index (χ1n) is 9.77. The highest BCUT2D eigenvalue weighted by molar-refractivity contribution is 6.30. The lowest BCUT2D eigenvalue weighted by Crippen LogP contribution is -2.23. The van der Waals surface area contributed by atoms with Crippen LogP contribution in [0.1, 0.15) is 21.5 Å². The molecule has 0 aliphatic carbocycles. The van der Waals surface area contributed by atoms with Crippen molar-refractivity contribution in [2.24, 2.45) is 0 Å². The molecular weight excluding hydrogens is 412 g/mol. The summed E-state index contributed by atoms with van der Waals surface area (Å²) in [7, 11) is 1.56. The largest absolute Gasteiger partial charge is 0.481 e. The van der Waals surface area contributed by atoms with Crippen LogP contribution in [0.4, 0.5) is 0 Å². The summed E-state index contributed by atoms with van der Waals surface area (Å²) in [6.07, 6.45) is 3.45. The van der Waals surface area contributed by atoms with E-state index in [1.165, 1.54) is 0 Å². The first-order valence-corrected chi connectivity index (χ1v) is 10.1. The Morgan fingerprint density at radius 2 is 1.81 bits per heavy atom. The minimum absolute atomic E-state index is 0.208. The number of amides is 1. The fraction of sp³-hybridized carbons (Fsp3) is 0.125. The van der Waals surface area contributed by atoms with E-state index in [0.717, 1.165) is 16.7 Å². The Hall–Kier alpha value is -3.64. The van der Waals surface area contributed by atoms with Crippen molar-refractivity contribution in [3.8, 4) is 17.1 Å². The summed E-state index contributed by atoms with van der Waals surface area (Å²) < 4.78 is 6.85. The lowest BCUT2D eigenvalue weighted by atomic mass is 10.1. The summed E-state index contributed by atoms with van der Waals surface area (Å²) in [5.41, 5.74) is 3.91. The highest BCUT2D eigenvalue weighted by Gasteiger charge is 2.18. The molecule has 7 heteroatoms. The molecular formula is C24H21ClN4O2. The predicted molar refractivity (Wildman–Crippen MR) is 120 cm³/mol. The molecule has 0 saturated heterocycles. The molecule has 2 aromatic carbocycles. The number of ether oxygens (including phenoxy) is 1. The van der Waals surface area contributed by atoms with Crippen LogP contribution in [0.2, 0.25) is 5.02 Å². The van der Waals surface area contributed by atoms with Crippen molar-refractivity contribution >= 4 is 17.5 Å². The lowest BCUT2D eigenvalue weighted by molar-refractivity contribution is 0.0951. The van der Waals surface area contributed by atoms with Crippen LogP contribution in [-0.2, 0) is 13.1 Å². The second kappa shape index (κ2) is 9.45. The highest BCUT2D eigenvalue weighted by Crippen LogP contribution is 2.24. The number of hydrogen-bond acceptors (Lipinski definition) is 4. The van der Waals surface area contributed by atoms with Gasteiger partial charge in [-0.2, -0.15) is 5.10 Å². The van der Waals surface area contributed by atoms with Gasteiger partial charge in [0.15, 0.2) is 0 Å². The smallest absolute Gasteiger partial charge is 0.255 e. The maximum atomic E-state index is 13.0. The number of carbonyl (C=O) groups is 1. The van der Waals surface area contributed by atoms with E-state index in [2.05, 4.69) is 15.4 Å². The van der Waals surface area contributed by atoms with Gasteiger partial charge in [-0.25, -0.2) is 4.98 Å². The zero-order chi connectivity index (χ0) is 21.6. The van der Waals surface area contributed by atoms with Gasteiger partial charge in [-0.1, -0.05) is 60.1 Å². The van der Waals surface area contributed by atoms with E-state index in [-0.39, 0.29) is 5.91 Å². The molecule has 0 aliphatic heterocycles. The van der Waals surface area contributed by atoms with Crippen molar-refractivity contribution in [3.05, 3.63) is 101 Å². The van der Waals surface area contributed by atoms with E-state index in [9.17, 15) is 4.79 Å². The maximum absolute atomic E-state index is 13.0. The van der Waals surface area contributed by atoms with E-state index in [4.69, 9.17) is 16.3 Å². The third-order valence-corrected chi connectivity index (χ3v) is 5.02. The fourth-order valence-corrected chi connectivity index (χ4v) is 3.30. The Morgan fingerprint density at radius 3 is 2.48 bits per heavy atom. The molecule has 31 heavy (non-hydrogen) atoms. The van der Waals surface area contributed by atoms with Crippen LogP contribution in [-0.4, -0.2) is 27.8 Å². The molecule has 0 radical (unpaired) electrons. The first-order chi connectivity index (χ1) is 15.1. The van der Waals surface area contributed by atoms with Crippen LogP contribution < -0.4 is 10.1 Å². The molecule has 6 nitrogen and oxygen atoms in total. The van der Waals surface area contributed by atoms with Crippen molar-refractivity contribution in [1.82, 2.24) is 20.1 Å². The number of rotatable bonds is 7. The number of nitrogens with one attached hydrogen (secondary N) is 1. The second-order valence-corrected chi connectivity index (χ2v) is 7.41. The van der Waals surface area contributed by atoms with Gasteiger partial charge in [0.25, 0.3) is 5.91 Å². The molecule has 1 amide bonds. The van der Waals surface area contributed by atoms with E-state index < -0.39 is 0 Å². The van der Waals surface area contributed by atoms with Gasteiger partial charge in [-0.05, 0) is 23.3 Å². The van der Waals surface area contributed by atoms with Gasteiger partial charge in [-0.15, -0.1) is 0 Å². The Bertz CT molecular complexity index is 1160. The van der Waals surface area contributed by atoms with E-state index in [0.29, 0.717) is 35.2 Å². The number of halogens is 1. The molecule has 0 aliphatic rings. The van der Waals surface area contributed by atoms with Gasteiger partial charge in [0.2, 0.25) is 5.88 Å². The summed E-state index contributed by atoms with van der Waals surface area (Å²) in [5.74, 6) is 0.322. The van der Waals surface area contributed by atoms with E-state index >= 15 is 0 Å². The van der Waals surface area contributed by atoms with Gasteiger partial charge in [0, 0.05) is 35.6 Å². The summed E-state index contributed by atoms with van der Waals surface area (Å²) in [5, 5.41) is 8.27. The van der Waals surface area contributed by atoms with Crippen LogP contribution in [0.15, 0.2) is 79.1 Å². The number of nitrogens with zero attached hydrogens (tertiary/aromatic N) is 3. The van der Waals surface area contributed by atoms with E-state index in [1.807, 2.05) is 48.5 Å². The number of aromatic nitrogens is 3. The predicted octanol–water partition coefficient (Wildman–Crippen LogP) is 4.59. The van der Waals surface area contributed by atoms with Gasteiger partial charge >= 0.3 is 0 Å². The highest BCUT2D eigenvalue weighted by atomic mass is 35.5. The SMILES string of the molecule is COc1ccc(CNC(=O)c2cn(Cc3ccccc3)nc2-c2ccc(Cl)cc2)cn1. The second-order valence-electron chi connectivity index (χ2n) is 6.97. The Morgan fingerprint density at radius 1 is 1.03 bits per heavy atom. The summed E-state index contributed by atoms with van der Waals surface area (Å²) in [6, 6.07) is 20.9. The van der Waals surface area contributed by atoms with Gasteiger partial charge in [-0.3, -0.25) is 9.48 Å². The number of methoxy groups -OCH3 is 1. The Labute approximate surface area is 185 Å². The number of hydrogen-bond donors (Lipinski definition) is 1. The Balaban J connectivity index is 1.58. The molecule has 4 aromatic rings. The van der Waals surface area contributed by atoms with Crippen LogP contribution in [0.3, 0.4) is 0 Å². The molecule has 156 valence electrons. The molecule has 2 heterocycles. The van der Waals surface area contributed by atoms with Crippen molar-refractivity contribution in [3.63, 3.8) is 0 Å². The molecule has 0 bridgehead atoms. The van der Waals surface area contributed by atoms with Gasteiger partial charge < -0.3 is 10.1 Å². The van der Waals surface area contributed by atoms with Gasteiger partial charge in [0.05, 0.1) is 19.2 Å². The van der Waals surface area contributed by atoms with Crippen LogP contribution >= 0.6 is 11.6 Å². The van der Waals surface area contributed by atoms with Crippen molar-refractivity contribution in [2.75, 3.05) is 7.11 Å². The topological polar surface area (TPSA) is 69.0 Å². The average molecular weight is 433 g/mol. The number of pyridine rings is 1. The third kappa shape index (κ3) is 5.10. The molecule has 1 N–H and O–H groups in total.